The van der Waals surface area contributed by atoms with Gasteiger partial charge in [0, 0.05) is 27.8 Å². The van der Waals surface area contributed by atoms with E-state index < -0.39 is 5.41 Å². The molecule has 0 radical (unpaired) electrons. The average molecular weight is 968 g/mol. The van der Waals surface area contributed by atoms with Crippen LogP contribution in [0.4, 0.5) is 17.1 Å². The van der Waals surface area contributed by atoms with Crippen molar-refractivity contribution in [2.24, 2.45) is 0 Å². The second-order valence-electron chi connectivity index (χ2n) is 22.7. The van der Waals surface area contributed by atoms with Crippen LogP contribution in [0, 0.1) is 0 Å². The molecule has 0 aromatic heterocycles. The molecule has 0 saturated carbocycles. The van der Waals surface area contributed by atoms with Gasteiger partial charge in [0.05, 0.1) is 11.1 Å². The highest BCUT2D eigenvalue weighted by atomic mass is 15.1. The summed E-state index contributed by atoms with van der Waals surface area (Å²) in [6, 6.07) is 94.6. The minimum absolute atomic E-state index is 0.255. The second-order valence-corrected chi connectivity index (χ2v) is 22.7. The highest BCUT2D eigenvalue weighted by Crippen LogP contribution is 2.65. The summed E-state index contributed by atoms with van der Waals surface area (Å²) in [5.41, 5.74) is 28.8. The summed E-state index contributed by atoms with van der Waals surface area (Å²) in [7, 11) is 0. The largest absolute Gasteiger partial charge is 0.310 e. The Morgan fingerprint density at radius 3 is 1.34 bits per heavy atom. The number of hydrogen-bond acceptors (Lipinski definition) is 1. The molecule has 0 bridgehead atoms. The smallest absolute Gasteiger partial charge is 0.0726 e. The van der Waals surface area contributed by atoms with Crippen molar-refractivity contribution in [2.45, 2.75) is 43.9 Å². The van der Waals surface area contributed by atoms with Crippen LogP contribution in [0.25, 0.3) is 88.3 Å². The van der Waals surface area contributed by atoms with Gasteiger partial charge in [-0.05, 0) is 176 Å². The Bertz CT molecular complexity index is 4440. The van der Waals surface area contributed by atoms with Gasteiger partial charge >= 0.3 is 0 Å². The van der Waals surface area contributed by atoms with E-state index in [1.54, 1.807) is 0 Å². The molecular weight excluding hydrogens is 915 g/mol. The zero-order valence-corrected chi connectivity index (χ0v) is 43.1. The normalized spacial score (nSPS) is 14.9. The summed E-state index contributed by atoms with van der Waals surface area (Å²) in [5, 5.41) is 5.07. The van der Waals surface area contributed by atoms with Gasteiger partial charge in [-0.15, -0.1) is 0 Å². The Balaban J connectivity index is 0.894. The van der Waals surface area contributed by atoms with Gasteiger partial charge in [-0.1, -0.05) is 228 Å². The Labute approximate surface area is 445 Å². The third kappa shape index (κ3) is 5.75. The van der Waals surface area contributed by atoms with Crippen LogP contribution in [0.1, 0.15) is 72.2 Å². The van der Waals surface area contributed by atoms with Crippen molar-refractivity contribution in [1.82, 2.24) is 0 Å². The van der Waals surface area contributed by atoms with Gasteiger partial charge in [-0.25, -0.2) is 0 Å². The molecular formula is C75H53N. The molecule has 0 aliphatic heterocycles. The lowest BCUT2D eigenvalue weighted by molar-refractivity contribution is 0.660. The number of hydrogen-bond donors (Lipinski definition) is 0. The van der Waals surface area contributed by atoms with Gasteiger partial charge in [0.15, 0.2) is 0 Å². The monoisotopic (exact) mass is 967 g/mol. The van der Waals surface area contributed by atoms with Crippen molar-refractivity contribution in [3.8, 4) is 66.8 Å². The molecule has 76 heavy (non-hydrogen) atoms. The molecule has 1 nitrogen and oxygen atoms in total. The third-order valence-electron chi connectivity index (χ3n) is 18.3. The van der Waals surface area contributed by atoms with Crippen LogP contribution >= 0.6 is 0 Å². The second kappa shape index (κ2) is 15.5. The lowest BCUT2D eigenvalue weighted by Gasteiger charge is -2.33. The summed E-state index contributed by atoms with van der Waals surface area (Å²) in [6.07, 6.45) is 0. The lowest BCUT2D eigenvalue weighted by Crippen LogP contribution is -2.26. The maximum Gasteiger partial charge on any atom is 0.0726 e. The summed E-state index contributed by atoms with van der Waals surface area (Å²) in [5.74, 6) is 0. The number of fused-ring (bicyclic) bond motifs is 18. The van der Waals surface area contributed by atoms with E-state index in [1.165, 1.54) is 139 Å². The highest BCUT2D eigenvalue weighted by molar-refractivity contribution is 6.03. The van der Waals surface area contributed by atoms with Gasteiger partial charge in [0.2, 0.25) is 0 Å². The van der Waals surface area contributed by atoms with E-state index in [-0.39, 0.29) is 10.8 Å². The Morgan fingerprint density at radius 1 is 0.263 bits per heavy atom. The lowest BCUT2D eigenvalue weighted by atomic mass is 9.70. The molecule has 1 spiro atoms. The van der Waals surface area contributed by atoms with Crippen molar-refractivity contribution >= 4 is 38.6 Å². The van der Waals surface area contributed by atoms with E-state index in [0.29, 0.717) is 0 Å². The molecule has 0 saturated heterocycles. The predicted molar refractivity (Wildman–Crippen MR) is 318 cm³/mol. The maximum absolute atomic E-state index is 2.60. The van der Waals surface area contributed by atoms with Crippen LogP contribution in [0.15, 0.2) is 249 Å². The van der Waals surface area contributed by atoms with Crippen molar-refractivity contribution < 1.29 is 0 Å². The first-order valence-corrected chi connectivity index (χ1v) is 27.0. The van der Waals surface area contributed by atoms with Gasteiger partial charge in [-0.3, -0.25) is 0 Å². The molecule has 0 unspecified atom stereocenters. The van der Waals surface area contributed by atoms with Crippen LogP contribution in [0.3, 0.4) is 0 Å². The van der Waals surface area contributed by atoms with E-state index >= 15 is 0 Å². The molecule has 4 aliphatic rings. The first-order valence-electron chi connectivity index (χ1n) is 27.0. The fourth-order valence-electron chi connectivity index (χ4n) is 14.7. The van der Waals surface area contributed by atoms with Gasteiger partial charge < -0.3 is 4.90 Å². The van der Waals surface area contributed by atoms with Crippen molar-refractivity contribution in [3.05, 3.63) is 293 Å². The van der Waals surface area contributed by atoms with Crippen molar-refractivity contribution in [3.63, 3.8) is 0 Å². The molecule has 1 heteroatoms. The van der Waals surface area contributed by atoms with Gasteiger partial charge in [-0.2, -0.15) is 0 Å². The van der Waals surface area contributed by atoms with Crippen LogP contribution in [0.2, 0.25) is 0 Å². The van der Waals surface area contributed by atoms with Crippen molar-refractivity contribution in [2.75, 3.05) is 4.90 Å². The predicted octanol–water partition coefficient (Wildman–Crippen LogP) is 19.8. The highest BCUT2D eigenvalue weighted by Gasteiger charge is 2.52. The summed E-state index contributed by atoms with van der Waals surface area (Å²) in [6.45, 7) is 9.70. The van der Waals surface area contributed by atoms with Crippen LogP contribution in [0.5, 0.6) is 0 Å². The molecule has 0 heterocycles. The minimum Gasteiger partial charge on any atom is -0.310 e. The molecule has 0 atom stereocenters. The zero-order chi connectivity index (χ0) is 50.7. The summed E-state index contributed by atoms with van der Waals surface area (Å²) < 4.78 is 0. The topological polar surface area (TPSA) is 3.24 Å². The first-order chi connectivity index (χ1) is 37.2. The SMILES string of the molecule is CC1(C)c2cc(-c3ccc4ccccc4c3)ccc2-c2ccc(N(c3ccc4c(c3)C(C)(C)c3cc(-c5cccc6ccccc56)ccc3-4)c3cccc4c3-c3ccccc3C43c4ccccc4-c4ccccc43)cc21. The molecule has 0 N–H and O–H groups in total. The molecule has 0 fully saturated rings. The number of benzene rings is 12. The third-order valence-corrected chi connectivity index (χ3v) is 18.3. The molecule has 4 aliphatic carbocycles. The van der Waals surface area contributed by atoms with Gasteiger partial charge in [0.1, 0.15) is 0 Å². The first kappa shape index (κ1) is 43.4. The number of nitrogens with zero attached hydrogens (tertiary/aromatic N) is 1. The van der Waals surface area contributed by atoms with E-state index in [9.17, 15) is 0 Å². The molecule has 12 aromatic rings. The Morgan fingerprint density at radius 2 is 0.684 bits per heavy atom. The van der Waals surface area contributed by atoms with E-state index in [4.69, 9.17) is 0 Å². The van der Waals surface area contributed by atoms with Crippen LogP contribution < -0.4 is 4.90 Å². The van der Waals surface area contributed by atoms with E-state index in [1.807, 2.05) is 0 Å². The molecule has 358 valence electrons. The van der Waals surface area contributed by atoms with Gasteiger partial charge in [0.25, 0.3) is 0 Å². The van der Waals surface area contributed by atoms with E-state index in [0.717, 1.165) is 11.4 Å². The van der Waals surface area contributed by atoms with Crippen LogP contribution in [-0.4, -0.2) is 0 Å². The average Bonchev–Trinajstić information content (AvgIpc) is 4.31. The minimum atomic E-state index is -0.464. The quantitative estimate of drug-likeness (QED) is 0.166. The zero-order valence-electron chi connectivity index (χ0n) is 43.1. The fourth-order valence-corrected chi connectivity index (χ4v) is 14.7. The maximum atomic E-state index is 2.60. The number of anilines is 3. The number of rotatable bonds is 5. The van der Waals surface area contributed by atoms with Crippen LogP contribution in [-0.2, 0) is 16.2 Å². The standard InChI is InChI=1S/C75H53N/c1-73(2)67-42-50(49-32-31-46-17-5-6-19-48(46)41-49)33-37-58(67)60-39-35-52(44-69(60)73)76(53-36-40-61-59-38-34-51(43-68(59)74(3,4)70(61)45-53)55-25-15-20-47-18-7-8-21-54(47)55)71-30-16-29-66-72(71)62-24-11-14-28-65(62)75(66)63-26-12-9-22-56(63)57-23-10-13-27-64(57)75/h5-45H,1-4H3. The Kier molecular flexibility index (Phi) is 8.85. The summed E-state index contributed by atoms with van der Waals surface area (Å²) in [4.78, 5) is 2.60. The summed E-state index contributed by atoms with van der Waals surface area (Å²) >= 11 is 0. The van der Waals surface area contributed by atoms with Crippen molar-refractivity contribution in [1.29, 1.82) is 0 Å². The fraction of sp³-hybridized carbons (Fsp3) is 0.0933. The Hall–Kier alpha value is -9.04. The van der Waals surface area contributed by atoms with E-state index in [2.05, 4.69) is 281 Å². The molecule has 16 rings (SSSR count). The molecule has 0 amide bonds. The molecule has 12 aromatic carbocycles.